The second-order valence-electron chi connectivity index (χ2n) is 8.07. The van der Waals surface area contributed by atoms with Crippen LogP contribution in [0, 0.1) is 0 Å². The lowest BCUT2D eigenvalue weighted by Gasteiger charge is -2.25. The lowest BCUT2D eigenvalue weighted by Crippen LogP contribution is -2.31. The molecule has 34 heavy (non-hydrogen) atoms. The Morgan fingerprint density at radius 1 is 0.971 bits per heavy atom. The number of carbonyl (C=O) groups is 2. The largest absolute Gasteiger partial charge is 0.507 e. The van der Waals surface area contributed by atoms with Crippen molar-refractivity contribution >= 4 is 17.4 Å². The summed E-state index contributed by atoms with van der Waals surface area (Å²) in [7, 11) is 1.59. The Hall–Kier alpha value is -3.32. The predicted octanol–water partition coefficient (Wildman–Crippen LogP) is 4.72. The van der Waals surface area contributed by atoms with Gasteiger partial charge in [0.25, 0.3) is 11.7 Å². The standard InChI is InChI=1S/C27H33NO6/c1-4-6-17-34-22-10-7-9-20(18-22)25(29)23-24(19-11-13-21(14-12-19)33-5-2)28(15-8-16-32-3)27(31)26(23)30/h7,9-14,18,24,29H,4-6,8,15-17H2,1-3H3. The van der Waals surface area contributed by atoms with Gasteiger partial charge in [0.1, 0.15) is 17.3 Å². The van der Waals surface area contributed by atoms with Gasteiger partial charge in [-0.3, -0.25) is 9.59 Å². The van der Waals surface area contributed by atoms with Gasteiger partial charge in [-0.15, -0.1) is 0 Å². The van der Waals surface area contributed by atoms with Gasteiger partial charge in [-0.05, 0) is 49.6 Å². The number of methoxy groups -OCH3 is 1. The summed E-state index contributed by atoms with van der Waals surface area (Å²) < 4.78 is 16.4. The molecule has 0 saturated carbocycles. The smallest absolute Gasteiger partial charge is 0.295 e. The molecule has 1 fully saturated rings. The number of amides is 1. The quantitative estimate of drug-likeness (QED) is 0.210. The first-order valence-corrected chi connectivity index (χ1v) is 11.7. The zero-order valence-corrected chi connectivity index (χ0v) is 20.1. The number of benzene rings is 2. The molecule has 1 unspecified atom stereocenters. The molecule has 7 heteroatoms. The number of rotatable bonds is 12. The zero-order chi connectivity index (χ0) is 24.5. The van der Waals surface area contributed by atoms with E-state index in [2.05, 4.69) is 6.92 Å². The van der Waals surface area contributed by atoms with Crippen LogP contribution in [0.4, 0.5) is 0 Å². The Labute approximate surface area is 200 Å². The normalized spacial score (nSPS) is 17.3. The molecule has 0 radical (unpaired) electrons. The van der Waals surface area contributed by atoms with Crippen LogP contribution in [0.25, 0.3) is 5.76 Å². The topological polar surface area (TPSA) is 85.3 Å². The Morgan fingerprint density at radius 3 is 2.41 bits per heavy atom. The van der Waals surface area contributed by atoms with Gasteiger partial charge in [0.2, 0.25) is 0 Å². The number of aliphatic hydroxyl groups excluding tert-OH is 1. The predicted molar refractivity (Wildman–Crippen MR) is 130 cm³/mol. The van der Waals surface area contributed by atoms with Crippen LogP contribution in [0.1, 0.15) is 50.3 Å². The molecule has 1 N–H and O–H groups in total. The maximum Gasteiger partial charge on any atom is 0.295 e. The molecular formula is C27H33NO6. The Morgan fingerprint density at radius 2 is 1.74 bits per heavy atom. The number of carbonyl (C=O) groups excluding carboxylic acids is 2. The first-order valence-electron chi connectivity index (χ1n) is 11.7. The summed E-state index contributed by atoms with van der Waals surface area (Å²) in [6.07, 6.45) is 2.49. The third-order valence-corrected chi connectivity index (χ3v) is 5.67. The summed E-state index contributed by atoms with van der Waals surface area (Å²) in [5.41, 5.74) is 1.22. The van der Waals surface area contributed by atoms with Crippen LogP contribution in [0.3, 0.4) is 0 Å². The fourth-order valence-corrected chi connectivity index (χ4v) is 3.97. The van der Waals surface area contributed by atoms with Crippen LogP contribution in [0.2, 0.25) is 0 Å². The molecule has 0 bridgehead atoms. The third-order valence-electron chi connectivity index (χ3n) is 5.67. The van der Waals surface area contributed by atoms with Crippen LogP contribution >= 0.6 is 0 Å². The summed E-state index contributed by atoms with van der Waals surface area (Å²) in [6, 6.07) is 13.5. The Kier molecular flexibility index (Phi) is 9.10. The molecule has 1 amide bonds. The second kappa shape index (κ2) is 12.2. The van der Waals surface area contributed by atoms with Gasteiger partial charge in [-0.1, -0.05) is 37.6 Å². The van der Waals surface area contributed by atoms with Crippen molar-refractivity contribution in [3.63, 3.8) is 0 Å². The SMILES string of the molecule is CCCCOc1cccc(C(O)=C2C(=O)C(=O)N(CCCOC)C2c2ccc(OCC)cc2)c1. The Balaban J connectivity index is 2.02. The molecule has 1 atom stereocenters. The molecule has 2 aromatic carbocycles. The van der Waals surface area contributed by atoms with E-state index in [1.165, 1.54) is 4.90 Å². The highest BCUT2D eigenvalue weighted by Crippen LogP contribution is 2.40. The van der Waals surface area contributed by atoms with Gasteiger partial charge in [0.05, 0.1) is 24.8 Å². The first kappa shape index (κ1) is 25.3. The zero-order valence-electron chi connectivity index (χ0n) is 20.1. The molecule has 1 aliphatic heterocycles. The molecule has 0 spiro atoms. The number of hydrogen-bond acceptors (Lipinski definition) is 6. The number of ketones is 1. The Bertz CT molecular complexity index is 1010. The fourth-order valence-electron chi connectivity index (χ4n) is 3.97. The molecule has 3 rings (SSSR count). The second-order valence-corrected chi connectivity index (χ2v) is 8.07. The summed E-state index contributed by atoms with van der Waals surface area (Å²) >= 11 is 0. The lowest BCUT2D eigenvalue weighted by molar-refractivity contribution is -0.140. The van der Waals surface area contributed by atoms with E-state index < -0.39 is 17.7 Å². The molecule has 1 heterocycles. The van der Waals surface area contributed by atoms with E-state index >= 15 is 0 Å². The van der Waals surface area contributed by atoms with Gasteiger partial charge in [-0.25, -0.2) is 0 Å². The fraction of sp³-hybridized carbons (Fsp3) is 0.407. The van der Waals surface area contributed by atoms with Crippen molar-refractivity contribution in [2.45, 2.75) is 39.2 Å². The van der Waals surface area contributed by atoms with Gasteiger partial charge >= 0.3 is 0 Å². The number of nitrogens with zero attached hydrogens (tertiary/aromatic N) is 1. The van der Waals surface area contributed by atoms with E-state index in [1.54, 1.807) is 43.5 Å². The van der Waals surface area contributed by atoms with E-state index in [-0.39, 0.29) is 11.3 Å². The molecule has 1 aliphatic rings. The maximum atomic E-state index is 13.1. The number of Topliss-reactive ketones (excluding diaryl/α,β-unsaturated/α-hetero) is 1. The summed E-state index contributed by atoms with van der Waals surface area (Å²) in [5.74, 6) is -0.255. The van der Waals surface area contributed by atoms with Crippen LogP contribution in [-0.2, 0) is 14.3 Å². The summed E-state index contributed by atoms with van der Waals surface area (Å²) in [5, 5.41) is 11.2. The highest BCUT2D eigenvalue weighted by atomic mass is 16.5. The molecule has 7 nitrogen and oxygen atoms in total. The average Bonchev–Trinajstić information content (AvgIpc) is 3.10. The number of hydrogen-bond donors (Lipinski definition) is 1. The molecule has 0 aliphatic carbocycles. The third kappa shape index (κ3) is 5.78. The van der Waals surface area contributed by atoms with Gasteiger partial charge in [-0.2, -0.15) is 0 Å². The van der Waals surface area contributed by atoms with E-state index in [0.29, 0.717) is 49.8 Å². The number of ether oxygens (including phenoxy) is 3. The first-order chi connectivity index (χ1) is 16.5. The van der Waals surface area contributed by atoms with E-state index in [4.69, 9.17) is 14.2 Å². The van der Waals surface area contributed by atoms with E-state index in [9.17, 15) is 14.7 Å². The van der Waals surface area contributed by atoms with Crippen molar-refractivity contribution in [3.8, 4) is 11.5 Å². The maximum absolute atomic E-state index is 13.1. The van der Waals surface area contributed by atoms with Crippen molar-refractivity contribution in [3.05, 3.63) is 65.2 Å². The van der Waals surface area contributed by atoms with Crippen molar-refractivity contribution in [2.24, 2.45) is 0 Å². The van der Waals surface area contributed by atoms with Crippen LogP contribution in [0.15, 0.2) is 54.1 Å². The van der Waals surface area contributed by atoms with Crippen LogP contribution in [0.5, 0.6) is 11.5 Å². The highest BCUT2D eigenvalue weighted by molar-refractivity contribution is 6.46. The highest BCUT2D eigenvalue weighted by Gasteiger charge is 2.45. The average molecular weight is 468 g/mol. The van der Waals surface area contributed by atoms with Gasteiger partial charge in [0.15, 0.2) is 0 Å². The van der Waals surface area contributed by atoms with Crippen LogP contribution < -0.4 is 9.47 Å². The monoisotopic (exact) mass is 467 g/mol. The number of unbranched alkanes of at least 4 members (excludes halogenated alkanes) is 1. The lowest BCUT2D eigenvalue weighted by atomic mass is 9.95. The number of aliphatic hydroxyl groups is 1. The molecule has 182 valence electrons. The molecule has 2 aromatic rings. The van der Waals surface area contributed by atoms with Gasteiger partial charge in [0, 0.05) is 25.8 Å². The molecule has 1 saturated heterocycles. The number of likely N-dealkylation sites (tertiary alicyclic amines) is 1. The summed E-state index contributed by atoms with van der Waals surface area (Å²) in [4.78, 5) is 27.6. The van der Waals surface area contributed by atoms with Crippen LogP contribution in [-0.4, -0.2) is 55.2 Å². The molecular weight excluding hydrogens is 434 g/mol. The van der Waals surface area contributed by atoms with Gasteiger partial charge < -0.3 is 24.2 Å². The molecule has 0 aromatic heterocycles. The van der Waals surface area contributed by atoms with Crippen molar-refractivity contribution in [1.82, 2.24) is 4.90 Å². The van der Waals surface area contributed by atoms with Crippen molar-refractivity contribution < 1.29 is 28.9 Å². The summed E-state index contributed by atoms with van der Waals surface area (Å²) in [6.45, 7) is 5.86. The van der Waals surface area contributed by atoms with E-state index in [1.807, 2.05) is 19.1 Å². The minimum atomic E-state index is -0.711. The van der Waals surface area contributed by atoms with Crippen molar-refractivity contribution in [1.29, 1.82) is 0 Å². The minimum Gasteiger partial charge on any atom is -0.507 e. The van der Waals surface area contributed by atoms with E-state index in [0.717, 1.165) is 18.4 Å². The minimum absolute atomic E-state index is 0.0669. The van der Waals surface area contributed by atoms with Crippen molar-refractivity contribution in [2.75, 3.05) is 33.5 Å².